The molecule has 0 atom stereocenters. The third kappa shape index (κ3) is 2.70. The molecule has 3 nitrogen and oxygen atoms in total. The number of nitrogens with zero attached hydrogens (tertiary/aromatic N) is 1. The lowest BCUT2D eigenvalue weighted by atomic mass is 10.2. The molecule has 0 aliphatic rings. The van der Waals surface area contributed by atoms with Crippen LogP contribution in [-0.2, 0) is 0 Å². The molecule has 0 radical (unpaired) electrons. The molecule has 3 rings (SSSR count). The maximum atomic E-state index is 12.1. The number of carbonyl (C=O) groups excluding carboxylic acids is 1. The fourth-order valence-electron chi connectivity index (χ4n) is 1.76. The van der Waals surface area contributed by atoms with E-state index in [9.17, 15) is 4.79 Å². The molecule has 0 bridgehead atoms. The molecule has 0 saturated carbocycles. The first-order valence-electron chi connectivity index (χ1n) is 5.75. The second kappa shape index (κ2) is 5.52. The van der Waals surface area contributed by atoms with Crippen molar-refractivity contribution < 1.29 is 4.79 Å². The zero-order valence-corrected chi connectivity index (χ0v) is 13.2. The standard InChI is InChI=1S/C14H8BrClN2OS/c15-8-5-6-12-11(7-8)17-14(20-12)18-13(19)9-3-1-2-4-10(9)16/h1-7H,(H,17,18,19). The van der Waals surface area contributed by atoms with Gasteiger partial charge in [-0.3, -0.25) is 10.1 Å². The Morgan fingerprint density at radius 3 is 2.85 bits per heavy atom. The molecule has 1 aromatic heterocycles. The lowest BCUT2D eigenvalue weighted by Gasteiger charge is -2.02. The van der Waals surface area contributed by atoms with Crippen LogP contribution in [0, 0.1) is 0 Å². The number of aromatic nitrogens is 1. The number of hydrogen-bond acceptors (Lipinski definition) is 3. The highest BCUT2D eigenvalue weighted by Gasteiger charge is 2.12. The summed E-state index contributed by atoms with van der Waals surface area (Å²) in [5, 5.41) is 3.76. The van der Waals surface area contributed by atoms with Crippen LogP contribution in [0.25, 0.3) is 10.2 Å². The van der Waals surface area contributed by atoms with Gasteiger partial charge in [-0.05, 0) is 30.3 Å². The zero-order chi connectivity index (χ0) is 14.1. The van der Waals surface area contributed by atoms with E-state index in [-0.39, 0.29) is 5.91 Å². The van der Waals surface area contributed by atoms with Crippen molar-refractivity contribution in [3.05, 3.63) is 57.5 Å². The Hall–Kier alpha value is -1.43. The van der Waals surface area contributed by atoms with Crippen molar-refractivity contribution in [3.8, 4) is 0 Å². The highest BCUT2D eigenvalue weighted by atomic mass is 79.9. The van der Waals surface area contributed by atoms with Crippen LogP contribution in [0.1, 0.15) is 10.4 Å². The van der Waals surface area contributed by atoms with E-state index < -0.39 is 0 Å². The Morgan fingerprint density at radius 1 is 1.25 bits per heavy atom. The van der Waals surface area contributed by atoms with E-state index in [0.29, 0.717) is 15.7 Å². The van der Waals surface area contributed by atoms with Gasteiger partial charge in [0.05, 0.1) is 20.8 Å². The molecule has 0 aliphatic carbocycles. The van der Waals surface area contributed by atoms with E-state index >= 15 is 0 Å². The van der Waals surface area contributed by atoms with Crippen LogP contribution >= 0.6 is 38.9 Å². The van der Waals surface area contributed by atoms with Gasteiger partial charge in [-0.2, -0.15) is 0 Å². The van der Waals surface area contributed by atoms with E-state index in [4.69, 9.17) is 11.6 Å². The summed E-state index contributed by atoms with van der Waals surface area (Å²) in [4.78, 5) is 16.5. The van der Waals surface area contributed by atoms with Gasteiger partial charge in [-0.1, -0.05) is 51.0 Å². The minimum absolute atomic E-state index is 0.256. The fourth-order valence-corrected chi connectivity index (χ4v) is 3.18. The smallest absolute Gasteiger partial charge is 0.258 e. The highest BCUT2D eigenvalue weighted by molar-refractivity contribution is 9.10. The predicted molar refractivity (Wildman–Crippen MR) is 86.7 cm³/mol. The van der Waals surface area contributed by atoms with E-state index in [2.05, 4.69) is 26.2 Å². The van der Waals surface area contributed by atoms with Crippen molar-refractivity contribution in [3.63, 3.8) is 0 Å². The first-order valence-corrected chi connectivity index (χ1v) is 7.74. The van der Waals surface area contributed by atoms with Crippen LogP contribution in [0.15, 0.2) is 46.9 Å². The normalized spacial score (nSPS) is 10.7. The van der Waals surface area contributed by atoms with E-state index in [1.54, 1.807) is 24.3 Å². The van der Waals surface area contributed by atoms with Gasteiger partial charge in [-0.15, -0.1) is 0 Å². The van der Waals surface area contributed by atoms with Crippen molar-refractivity contribution >= 4 is 60.1 Å². The average Bonchev–Trinajstić information content (AvgIpc) is 2.80. The number of fused-ring (bicyclic) bond motifs is 1. The van der Waals surface area contributed by atoms with E-state index in [1.165, 1.54) is 11.3 Å². The van der Waals surface area contributed by atoms with Crippen LogP contribution in [0.3, 0.4) is 0 Å². The Morgan fingerprint density at radius 2 is 2.05 bits per heavy atom. The van der Waals surface area contributed by atoms with Crippen LogP contribution in [0.4, 0.5) is 5.13 Å². The predicted octanol–water partition coefficient (Wildman–Crippen LogP) is 4.96. The van der Waals surface area contributed by atoms with Crippen LogP contribution in [-0.4, -0.2) is 10.9 Å². The summed E-state index contributed by atoms with van der Waals surface area (Å²) in [6, 6.07) is 12.7. The van der Waals surface area contributed by atoms with Gasteiger partial charge in [0.2, 0.25) is 0 Å². The summed E-state index contributed by atoms with van der Waals surface area (Å²) in [5.41, 5.74) is 1.29. The van der Waals surface area contributed by atoms with Gasteiger partial charge in [0.15, 0.2) is 5.13 Å². The number of amides is 1. The number of benzene rings is 2. The minimum Gasteiger partial charge on any atom is -0.298 e. The first kappa shape index (κ1) is 13.5. The molecule has 20 heavy (non-hydrogen) atoms. The zero-order valence-electron chi connectivity index (χ0n) is 10.1. The maximum Gasteiger partial charge on any atom is 0.258 e. The van der Waals surface area contributed by atoms with Gasteiger partial charge < -0.3 is 0 Å². The van der Waals surface area contributed by atoms with Gasteiger partial charge >= 0.3 is 0 Å². The van der Waals surface area contributed by atoms with E-state index in [1.807, 2.05) is 18.2 Å². The summed E-state index contributed by atoms with van der Waals surface area (Å²) in [5.74, 6) is -0.256. The molecule has 100 valence electrons. The summed E-state index contributed by atoms with van der Waals surface area (Å²) in [7, 11) is 0. The van der Waals surface area contributed by atoms with Crippen molar-refractivity contribution in [1.82, 2.24) is 4.98 Å². The van der Waals surface area contributed by atoms with E-state index in [0.717, 1.165) is 14.7 Å². The van der Waals surface area contributed by atoms with Gasteiger partial charge in [0, 0.05) is 4.47 Å². The molecule has 1 N–H and O–H groups in total. The molecule has 0 spiro atoms. The molecule has 2 aromatic carbocycles. The second-order valence-corrected chi connectivity index (χ2v) is 6.42. The number of nitrogens with one attached hydrogen (secondary N) is 1. The average molecular weight is 368 g/mol. The Balaban J connectivity index is 1.89. The molecule has 6 heteroatoms. The Labute approximate surface area is 132 Å². The SMILES string of the molecule is O=C(Nc1nc2cc(Br)ccc2s1)c1ccccc1Cl. The number of hydrogen-bond donors (Lipinski definition) is 1. The summed E-state index contributed by atoms with van der Waals surface area (Å²) in [6.07, 6.45) is 0. The molecule has 3 aromatic rings. The van der Waals surface area contributed by atoms with Gasteiger partial charge in [0.25, 0.3) is 5.91 Å². The summed E-state index contributed by atoms with van der Waals surface area (Å²) < 4.78 is 1.97. The van der Waals surface area contributed by atoms with Crippen LogP contribution in [0.2, 0.25) is 5.02 Å². The second-order valence-electron chi connectivity index (χ2n) is 4.07. The third-order valence-electron chi connectivity index (χ3n) is 2.69. The van der Waals surface area contributed by atoms with Gasteiger partial charge in [-0.25, -0.2) is 4.98 Å². The van der Waals surface area contributed by atoms with Crippen molar-refractivity contribution in [1.29, 1.82) is 0 Å². The quantitative estimate of drug-likeness (QED) is 0.695. The fraction of sp³-hybridized carbons (Fsp3) is 0. The highest BCUT2D eigenvalue weighted by Crippen LogP contribution is 2.28. The molecule has 0 saturated heterocycles. The summed E-state index contributed by atoms with van der Waals surface area (Å²) in [6.45, 7) is 0. The lowest BCUT2D eigenvalue weighted by Crippen LogP contribution is -2.11. The molecule has 0 aliphatic heterocycles. The molecular weight excluding hydrogens is 360 g/mol. The molecule has 1 heterocycles. The topological polar surface area (TPSA) is 42.0 Å². The monoisotopic (exact) mass is 366 g/mol. The molecule has 0 unspecified atom stereocenters. The number of thiazole rings is 1. The first-order chi connectivity index (χ1) is 9.63. The van der Waals surface area contributed by atoms with Crippen molar-refractivity contribution in [2.45, 2.75) is 0 Å². The number of anilines is 1. The number of carbonyl (C=O) groups is 1. The summed E-state index contributed by atoms with van der Waals surface area (Å²) >= 11 is 10.8. The molecular formula is C14H8BrClN2OS. The van der Waals surface area contributed by atoms with Crippen molar-refractivity contribution in [2.75, 3.05) is 5.32 Å². The Kier molecular flexibility index (Phi) is 3.74. The lowest BCUT2D eigenvalue weighted by molar-refractivity contribution is 0.102. The minimum atomic E-state index is -0.256. The number of halogens is 2. The maximum absolute atomic E-state index is 12.1. The largest absolute Gasteiger partial charge is 0.298 e. The molecule has 1 amide bonds. The molecule has 0 fully saturated rings. The van der Waals surface area contributed by atoms with Crippen LogP contribution < -0.4 is 5.32 Å². The number of rotatable bonds is 2. The third-order valence-corrected chi connectivity index (χ3v) is 4.46. The van der Waals surface area contributed by atoms with Crippen molar-refractivity contribution in [2.24, 2.45) is 0 Å². The van der Waals surface area contributed by atoms with Crippen LogP contribution in [0.5, 0.6) is 0 Å². The Bertz CT molecular complexity index is 803. The van der Waals surface area contributed by atoms with Gasteiger partial charge in [0.1, 0.15) is 0 Å².